The van der Waals surface area contributed by atoms with Crippen molar-refractivity contribution in [3.8, 4) is 0 Å². The summed E-state index contributed by atoms with van der Waals surface area (Å²) in [5.41, 5.74) is 0.383. The first-order chi connectivity index (χ1) is 21.8. The summed E-state index contributed by atoms with van der Waals surface area (Å²) in [6, 6.07) is 7.79. The highest BCUT2D eigenvalue weighted by molar-refractivity contribution is 8.76. The van der Waals surface area contributed by atoms with E-state index in [-0.39, 0.29) is 62.3 Å². The van der Waals surface area contributed by atoms with Crippen molar-refractivity contribution >= 4 is 63.0 Å². The summed E-state index contributed by atoms with van der Waals surface area (Å²) in [5.74, 6) is -1.86. The Bertz CT molecular complexity index is 1250. The van der Waals surface area contributed by atoms with Crippen molar-refractivity contribution in [2.75, 3.05) is 38.5 Å². The highest BCUT2D eigenvalue weighted by Crippen LogP contribution is 2.31. The Morgan fingerprint density at radius 1 is 0.739 bits per heavy atom. The Morgan fingerprint density at radius 2 is 1.30 bits per heavy atom. The first kappa shape index (κ1) is 38.3. The number of carbonyl (C=O) groups is 7. The molecule has 1 heterocycles. The standard InChI is InChI=1S/C31H43N5O8S2/c1-31(2,3)30(43)44-21-22-9-11-23(12-10-22)46-45-17-7-15-32-25(38)18-34-27(40)20-35-26(39)19-33-24(37)8-5-4-6-16-36-28(41)13-14-29(36)42/h9-14H,4-8,15-21H2,1-3H3,(H,32,38)(H,33,37)(H,34,40)(H,35,39). The molecule has 0 aromatic heterocycles. The molecule has 1 aromatic carbocycles. The maximum Gasteiger partial charge on any atom is 0.311 e. The van der Waals surface area contributed by atoms with Crippen LogP contribution in [0.25, 0.3) is 0 Å². The van der Waals surface area contributed by atoms with Crippen LogP contribution in [0.2, 0.25) is 0 Å². The first-order valence-corrected chi connectivity index (χ1v) is 17.3. The van der Waals surface area contributed by atoms with Gasteiger partial charge in [0.1, 0.15) is 6.61 Å². The average Bonchev–Trinajstić information content (AvgIpc) is 3.34. The number of nitrogens with zero attached hydrogens (tertiary/aromatic N) is 1. The summed E-state index contributed by atoms with van der Waals surface area (Å²) in [5, 5.41) is 10.0. The Balaban J connectivity index is 1.43. The second-order valence-electron chi connectivity index (χ2n) is 11.4. The van der Waals surface area contributed by atoms with Crippen molar-refractivity contribution < 1.29 is 38.3 Å². The number of unbranched alkanes of at least 4 members (excludes halogenated alkanes) is 2. The summed E-state index contributed by atoms with van der Waals surface area (Å²) >= 11 is 0. The quantitative estimate of drug-likeness (QED) is 0.0689. The van der Waals surface area contributed by atoms with Gasteiger partial charge in [0.2, 0.25) is 23.6 Å². The van der Waals surface area contributed by atoms with E-state index in [1.165, 1.54) is 12.2 Å². The third-order valence-corrected chi connectivity index (χ3v) is 8.78. The van der Waals surface area contributed by atoms with Gasteiger partial charge in [0.15, 0.2) is 0 Å². The molecule has 1 aromatic rings. The lowest BCUT2D eigenvalue weighted by atomic mass is 9.97. The van der Waals surface area contributed by atoms with Gasteiger partial charge in [-0.05, 0) is 57.7 Å². The second-order valence-corrected chi connectivity index (χ2v) is 13.9. The summed E-state index contributed by atoms with van der Waals surface area (Å²) in [7, 11) is 3.26. The van der Waals surface area contributed by atoms with Crippen LogP contribution in [0, 0.1) is 5.41 Å². The Morgan fingerprint density at radius 3 is 1.89 bits per heavy atom. The van der Waals surface area contributed by atoms with E-state index < -0.39 is 17.2 Å². The Hall–Kier alpha value is -3.85. The lowest BCUT2D eigenvalue weighted by Gasteiger charge is -2.16. The van der Waals surface area contributed by atoms with Crippen molar-refractivity contribution in [1.82, 2.24) is 26.2 Å². The molecule has 6 amide bonds. The molecule has 13 nitrogen and oxygen atoms in total. The van der Waals surface area contributed by atoms with Crippen molar-refractivity contribution in [2.24, 2.45) is 5.41 Å². The van der Waals surface area contributed by atoms with Crippen molar-refractivity contribution in [1.29, 1.82) is 0 Å². The van der Waals surface area contributed by atoms with Gasteiger partial charge in [-0.25, -0.2) is 0 Å². The van der Waals surface area contributed by atoms with Crippen LogP contribution in [-0.2, 0) is 44.9 Å². The SMILES string of the molecule is CC(C)(C)C(=O)OCc1ccc(SSCCCNC(=O)CNC(=O)CNC(=O)CNC(=O)CCCCCN2C(=O)C=CC2=O)cc1. The van der Waals surface area contributed by atoms with Crippen LogP contribution in [0.1, 0.15) is 58.4 Å². The molecule has 15 heteroatoms. The molecule has 0 saturated heterocycles. The van der Waals surface area contributed by atoms with Crippen molar-refractivity contribution in [3.05, 3.63) is 42.0 Å². The molecule has 0 saturated carbocycles. The molecule has 2 rings (SSSR count). The number of nitrogens with one attached hydrogen (secondary N) is 4. The number of carbonyl (C=O) groups excluding carboxylic acids is 7. The molecule has 0 atom stereocenters. The monoisotopic (exact) mass is 677 g/mol. The Kier molecular flexibility index (Phi) is 16.9. The van der Waals surface area contributed by atoms with Gasteiger partial charge >= 0.3 is 5.97 Å². The normalized spacial score (nSPS) is 12.5. The zero-order valence-electron chi connectivity index (χ0n) is 26.5. The number of ether oxygens (including phenoxy) is 1. The summed E-state index contributed by atoms with van der Waals surface area (Å²) in [6.07, 6.45) is 5.13. The van der Waals surface area contributed by atoms with Crippen LogP contribution >= 0.6 is 21.6 Å². The van der Waals surface area contributed by atoms with Gasteiger partial charge in [-0.15, -0.1) is 0 Å². The minimum atomic E-state index is -0.542. The van der Waals surface area contributed by atoms with E-state index in [4.69, 9.17) is 4.74 Å². The maximum atomic E-state index is 12.0. The molecule has 252 valence electrons. The molecule has 4 N–H and O–H groups in total. The minimum absolute atomic E-state index is 0.188. The summed E-state index contributed by atoms with van der Waals surface area (Å²) < 4.78 is 5.32. The van der Waals surface area contributed by atoms with Gasteiger partial charge in [-0.3, -0.25) is 38.5 Å². The molecule has 0 radical (unpaired) electrons. The lowest BCUT2D eigenvalue weighted by molar-refractivity contribution is -0.154. The van der Waals surface area contributed by atoms with Crippen LogP contribution in [0.15, 0.2) is 41.3 Å². The van der Waals surface area contributed by atoms with E-state index in [0.29, 0.717) is 32.4 Å². The molecular weight excluding hydrogens is 635 g/mol. The number of hydrogen-bond acceptors (Lipinski definition) is 10. The molecule has 1 aliphatic rings. The molecule has 46 heavy (non-hydrogen) atoms. The van der Waals surface area contributed by atoms with E-state index in [2.05, 4.69) is 21.3 Å². The fraction of sp³-hybridized carbons (Fsp3) is 0.516. The molecule has 1 aliphatic heterocycles. The number of amides is 6. The largest absolute Gasteiger partial charge is 0.460 e. The van der Waals surface area contributed by atoms with E-state index in [1.54, 1.807) is 21.6 Å². The van der Waals surface area contributed by atoms with Gasteiger partial charge in [-0.1, -0.05) is 40.1 Å². The van der Waals surface area contributed by atoms with Gasteiger partial charge in [0.25, 0.3) is 11.8 Å². The molecule has 0 fully saturated rings. The van der Waals surface area contributed by atoms with Crippen LogP contribution in [0.3, 0.4) is 0 Å². The van der Waals surface area contributed by atoms with Crippen LogP contribution < -0.4 is 21.3 Å². The summed E-state index contributed by atoms with van der Waals surface area (Å²) in [6.45, 7) is 5.59. The number of rotatable bonds is 20. The molecule has 0 spiro atoms. The predicted octanol–water partition coefficient (Wildman–Crippen LogP) is 1.86. The number of esters is 1. The number of hydrogen-bond donors (Lipinski definition) is 4. The number of imide groups is 1. The summed E-state index contributed by atoms with van der Waals surface area (Å²) in [4.78, 5) is 84.8. The van der Waals surface area contributed by atoms with Gasteiger partial charge in [0.05, 0.1) is 25.0 Å². The van der Waals surface area contributed by atoms with Gasteiger partial charge in [-0.2, -0.15) is 0 Å². The topological polar surface area (TPSA) is 180 Å². The van der Waals surface area contributed by atoms with Crippen molar-refractivity contribution in [3.63, 3.8) is 0 Å². The van der Waals surface area contributed by atoms with Crippen molar-refractivity contribution in [2.45, 2.75) is 64.4 Å². The minimum Gasteiger partial charge on any atom is -0.460 e. The third kappa shape index (κ3) is 15.9. The number of benzene rings is 1. The highest BCUT2D eigenvalue weighted by Gasteiger charge is 2.23. The third-order valence-electron chi connectivity index (χ3n) is 6.31. The van der Waals surface area contributed by atoms with Gasteiger partial charge in [0, 0.05) is 42.3 Å². The average molecular weight is 678 g/mol. The van der Waals surface area contributed by atoms with Crippen LogP contribution in [-0.4, -0.2) is 84.8 Å². The van der Waals surface area contributed by atoms with Crippen LogP contribution in [0.5, 0.6) is 0 Å². The lowest BCUT2D eigenvalue weighted by Crippen LogP contribution is -2.44. The maximum absolute atomic E-state index is 12.0. The molecule has 0 bridgehead atoms. The molecule has 0 unspecified atom stereocenters. The van der Waals surface area contributed by atoms with E-state index in [0.717, 1.165) is 27.5 Å². The fourth-order valence-electron chi connectivity index (χ4n) is 3.67. The fourth-order valence-corrected chi connectivity index (χ4v) is 5.75. The first-order valence-electron chi connectivity index (χ1n) is 15.0. The zero-order chi connectivity index (χ0) is 34.0. The zero-order valence-corrected chi connectivity index (χ0v) is 28.1. The smallest absolute Gasteiger partial charge is 0.311 e. The Labute approximate surface area is 277 Å². The van der Waals surface area contributed by atoms with E-state index in [9.17, 15) is 33.6 Å². The molecule has 0 aliphatic carbocycles. The van der Waals surface area contributed by atoms with E-state index in [1.807, 2.05) is 45.0 Å². The second kappa shape index (κ2) is 20.3. The van der Waals surface area contributed by atoms with E-state index >= 15 is 0 Å². The van der Waals surface area contributed by atoms with Crippen LogP contribution in [0.4, 0.5) is 0 Å². The highest BCUT2D eigenvalue weighted by atomic mass is 33.1. The molecular formula is C31H43N5O8S2. The predicted molar refractivity (Wildman–Crippen MR) is 175 cm³/mol. The van der Waals surface area contributed by atoms with Gasteiger partial charge < -0.3 is 26.0 Å².